The molecule has 0 saturated heterocycles. The minimum Gasteiger partial charge on any atom is -0.508 e. The van der Waals surface area contributed by atoms with E-state index in [2.05, 4.69) is 4.99 Å². The van der Waals surface area contributed by atoms with Crippen molar-refractivity contribution in [2.24, 2.45) is 4.99 Å². The van der Waals surface area contributed by atoms with Crippen molar-refractivity contribution in [3.8, 4) is 5.75 Å². The number of ether oxygens (including phenoxy) is 1. The standard InChI is InChI=1S/C12H15NO4/c1-7-8(3-2-4-10(7)15)12-13-9(6-17-12)11(16)5-14/h2-4,9,11,14-16H,5-6H2,1H3/t9-,11+/m0/s1. The predicted octanol–water partition coefficient (Wildman–Crippen LogP) is 0.199. The molecule has 5 nitrogen and oxygen atoms in total. The molecule has 92 valence electrons. The van der Waals surface area contributed by atoms with Crippen LogP contribution in [0.2, 0.25) is 0 Å². The number of phenols is 1. The molecule has 17 heavy (non-hydrogen) atoms. The Kier molecular flexibility index (Phi) is 3.31. The van der Waals surface area contributed by atoms with Gasteiger partial charge in [-0.3, -0.25) is 0 Å². The molecule has 1 aliphatic rings. The van der Waals surface area contributed by atoms with Crippen LogP contribution in [0.3, 0.4) is 0 Å². The summed E-state index contributed by atoms with van der Waals surface area (Å²) in [6, 6.07) is 4.65. The van der Waals surface area contributed by atoms with Gasteiger partial charge in [-0.2, -0.15) is 0 Å². The highest BCUT2D eigenvalue weighted by atomic mass is 16.5. The Labute approximate surface area is 99.0 Å². The minimum atomic E-state index is -0.912. The van der Waals surface area contributed by atoms with Crippen molar-refractivity contribution in [1.29, 1.82) is 0 Å². The van der Waals surface area contributed by atoms with Gasteiger partial charge in [0.1, 0.15) is 24.5 Å². The van der Waals surface area contributed by atoms with E-state index in [0.29, 0.717) is 17.0 Å². The van der Waals surface area contributed by atoms with Crippen molar-refractivity contribution in [1.82, 2.24) is 0 Å². The van der Waals surface area contributed by atoms with Gasteiger partial charge in [-0.25, -0.2) is 4.99 Å². The molecule has 0 saturated carbocycles. The van der Waals surface area contributed by atoms with Crippen molar-refractivity contribution >= 4 is 5.90 Å². The highest BCUT2D eigenvalue weighted by Crippen LogP contribution is 2.23. The fraction of sp³-hybridized carbons (Fsp3) is 0.417. The maximum absolute atomic E-state index is 9.58. The number of hydrogen-bond acceptors (Lipinski definition) is 5. The highest BCUT2D eigenvalue weighted by molar-refractivity contribution is 5.97. The summed E-state index contributed by atoms with van der Waals surface area (Å²) in [5.41, 5.74) is 1.39. The molecule has 0 unspecified atom stereocenters. The molecule has 1 heterocycles. The summed E-state index contributed by atoms with van der Waals surface area (Å²) in [7, 11) is 0. The molecule has 2 atom stereocenters. The van der Waals surface area contributed by atoms with E-state index in [9.17, 15) is 10.2 Å². The molecule has 0 bridgehead atoms. The van der Waals surface area contributed by atoms with Crippen LogP contribution in [0.5, 0.6) is 5.75 Å². The van der Waals surface area contributed by atoms with Crippen LogP contribution < -0.4 is 0 Å². The molecular formula is C12H15NO4. The molecule has 0 radical (unpaired) electrons. The van der Waals surface area contributed by atoms with E-state index in [0.717, 1.165) is 0 Å². The van der Waals surface area contributed by atoms with Gasteiger partial charge in [0, 0.05) is 11.1 Å². The molecule has 0 spiro atoms. The molecule has 0 amide bonds. The first-order valence-electron chi connectivity index (χ1n) is 5.42. The summed E-state index contributed by atoms with van der Waals surface area (Å²) >= 11 is 0. The summed E-state index contributed by atoms with van der Waals surface area (Å²) in [5, 5.41) is 27.9. The molecule has 0 aromatic heterocycles. The Morgan fingerprint density at radius 3 is 3.00 bits per heavy atom. The van der Waals surface area contributed by atoms with Crippen LogP contribution in [0, 0.1) is 6.92 Å². The number of aliphatic imine (C=N–C) groups is 1. The van der Waals surface area contributed by atoms with Gasteiger partial charge in [-0.1, -0.05) is 6.07 Å². The number of rotatable bonds is 3. The minimum absolute atomic E-state index is 0.181. The van der Waals surface area contributed by atoms with Gasteiger partial charge < -0.3 is 20.1 Å². The quantitative estimate of drug-likeness (QED) is 0.701. The van der Waals surface area contributed by atoms with Crippen LogP contribution in [0.4, 0.5) is 0 Å². The summed E-state index contributed by atoms with van der Waals surface area (Å²) in [4.78, 5) is 4.20. The number of hydrogen-bond donors (Lipinski definition) is 3. The average molecular weight is 237 g/mol. The molecular weight excluding hydrogens is 222 g/mol. The van der Waals surface area contributed by atoms with Gasteiger partial charge in [-0.15, -0.1) is 0 Å². The topological polar surface area (TPSA) is 82.3 Å². The molecule has 1 aromatic carbocycles. The lowest BCUT2D eigenvalue weighted by Gasteiger charge is -2.09. The first-order chi connectivity index (χ1) is 8.13. The van der Waals surface area contributed by atoms with Crippen LogP contribution in [-0.2, 0) is 4.74 Å². The molecule has 1 aliphatic heterocycles. The van der Waals surface area contributed by atoms with Gasteiger partial charge in [-0.05, 0) is 19.1 Å². The van der Waals surface area contributed by atoms with Crippen molar-refractivity contribution in [3.63, 3.8) is 0 Å². The van der Waals surface area contributed by atoms with Crippen molar-refractivity contribution in [3.05, 3.63) is 29.3 Å². The van der Waals surface area contributed by atoms with Gasteiger partial charge in [0.15, 0.2) is 0 Å². The third-order valence-corrected chi connectivity index (χ3v) is 2.84. The highest BCUT2D eigenvalue weighted by Gasteiger charge is 2.27. The maximum atomic E-state index is 9.58. The molecule has 1 aromatic rings. The van der Waals surface area contributed by atoms with E-state index in [1.807, 2.05) is 0 Å². The SMILES string of the molecule is Cc1c(O)cccc1C1=N[C@H]([C@H](O)CO)CO1. The van der Waals surface area contributed by atoms with Gasteiger partial charge in [0.2, 0.25) is 5.90 Å². The summed E-state index contributed by atoms with van der Waals surface area (Å²) in [6.07, 6.45) is -0.912. The van der Waals surface area contributed by atoms with Crippen molar-refractivity contribution in [2.75, 3.05) is 13.2 Å². The lowest BCUT2D eigenvalue weighted by molar-refractivity contribution is 0.0666. The normalized spacial score (nSPS) is 20.9. The molecule has 2 rings (SSSR count). The Morgan fingerprint density at radius 2 is 2.29 bits per heavy atom. The fourth-order valence-corrected chi connectivity index (χ4v) is 1.71. The molecule has 3 N–H and O–H groups in total. The van der Waals surface area contributed by atoms with Crippen LogP contribution in [0.15, 0.2) is 23.2 Å². The van der Waals surface area contributed by atoms with Crippen LogP contribution in [0.1, 0.15) is 11.1 Å². The van der Waals surface area contributed by atoms with Crippen LogP contribution in [-0.4, -0.2) is 46.6 Å². The number of aromatic hydroxyl groups is 1. The summed E-state index contributed by atoms with van der Waals surface area (Å²) in [6.45, 7) is 1.67. The number of nitrogens with zero attached hydrogens (tertiary/aromatic N) is 1. The Hall–Kier alpha value is -1.59. The van der Waals surface area contributed by atoms with E-state index in [1.54, 1.807) is 25.1 Å². The maximum Gasteiger partial charge on any atom is 0.217 e. The zero-order valence-electron chi connectivity index (χ0n) is 9.50. The second-order valence-corrected chi connectivity index (χ2v) is 4.01. The number of aliphatic hydroxyl groups excluding tert-OH is 2. The van der Waals surface area contributed by atoms with E-state index in [-0.39, 0.29) is 19.0 Å². The second-order valence-electron chi connectivity index (χ2n) is 4.01. The first kappa shape index (κ1) is 11.9. The predicted molar refractivity (Wildman–Crippen MR) is 62.2 cm³/mol. The smallest absolute Gasteiger partial charge is 0.217 e. The van der Waals surface area contributed by atoms with Gasteiger partial charge in [0.05, 0.1) is 6.61 Å². The zero-order chi connectivity index (χ0) is 12.4. The monoisotopic (exact) mass is 237 g/mol. The largest absolute Gasteiger partial charge is 0.508 e. The number of benzene rings is 1. The molecule has 5 heteroatoms. The van der Waals surface area contributed by atoms with Gasteiger partial charge in [0.25, 0.3) is 0 Å². The lowest BCUT2D eigenvalue weighted by atomic mass is 10.1. The van der Waals surface area contributed by atoms with E-state index >= 15 is 0 Å². The first-order valence-corrected chi connectivity index (χ1v) is 5.42. The number of phenolic OH excluding ortho intramolecular Hbond substituents is 1. The lowest BCUT2D eigenvalue weighted by Crippen LogP contribution is -2.28. The number of aliphatic hydroxyl groups is 2. The fourth-order valence-electron chi connectivity index (χ4n) is 1.71. The van der Waals surface area contributed by atoms with E-state index in [1.165, 1.54) is 0 Å². The second kappa shape index (κ2) is 4.73. The zero-order valence-corrected chi connectivity index (χ0v) is 9.50. The van der Waals surface area contributed by atoms with Crippen LogP contribution in [0.25, 0.3) is 0 Å². The Bertz CT molecular complexity index is 444. The average Bonchev–Trinajstić information content (AvgIpc) is 2.81. The summed E-state index contributed by atoms with van der Waals surface area (Å²) < 4.78 is 5.38. The third-order valence-electron chi connectivity index (χ3n) is 2.84. The summed E-state index contributed by atoms with van der Waals surface area (Å²) in [5.74, 6) is 0.579. The van der Waals surface area contributed by atoms with Crippen molar-refractivity contribution < 1.29 is 20.1 Å². The third kappa shape index (κ3) is 2.25. The Morgan fingerprint density at radius 1 is 1.53 bits per heavy atom. The van der Waals surface area contributed by atoms with Crippen LogP contribution >= 0.6 is 0 Å². The molecule has 0 aliphatic carbocycles. The van der Waals surface area contributed by atoms with Gasteiger partial charge >= 0.3 is 0 Å². The van der Waals surface area contributed by atoms with Crippen molar-refractivity contribution in [2.45, 2.75) is 19.1 Å². The Balaban J connectivity index is 2.27. The van der Waals surface area contributed by atoms with E-state index in [4.69, 9.17) is 9.84 Å². The molecule has 0 fully saturated rings. The van der Waals surface area contributed by atoms with E-state index < -0.39 is 12.1 Å².